The molecule has 4 rings (SSSR count). The van der Waals surface area contributed by atoms with Gasteiger partial charge in [-0.05, 0) is 55.5 Å². The van der Waals surface area contributed by atoms with Crippen LogP contribution in [0.1, 0.15) is 55.6 Å². The van der Waals surface area contributed by atoms with Gasteiger partial charge in [-0.2, -0.15) is 18.2 Å². The van der Waals surface area contributed by atoms with Gasteiger partial charge in [-0.15, -0.1) is 17.5 Å². The summed E-state index contributed by atoms with van der Waals surface area (Å²) in [6.07, 6.45) is -1.03. The van der Waals surface area contributed by atoms with Crippen LogP contribution in [0.5, 0.6) is 0 Å². The van der Waals surface area contributed by atoms with Crippen LogP contribution in [0.2, 0.25) is 10.0 Å². The Kier molecular flexibility index (Phi) is 8.60. The number of aryl methyl sites for hydroxylation is 2. The minimum Gasteiger partial charge on any atom is -0.299 e. The third kappa shape index (κ3) is 6.22. The van der Waals surface area contributed by atoms with E-state index in [9.17, 15) is 17.6 Å². The molecule has 1 aliphatic carbocycles. The molecule has 35 heavy (non-hydrogen) atoms. The molecule has 0 saturated heterocycles. The molecule has 1 fully saturated rings. The van der Waals surface area contributed by atoms with Crippen molar-refractivity contribution in [3.63, 3.8) is 0 Å². The molecule has 11 heteroatoms. The Hall–Kier alpha value is -2.03. The SMILES string of the molecule is CCCn1nc(N(c2c(Cl)cc(C(F)(F)F)cc2Cl)C(CC2CC2)c2ccc(F)cc2)nc1C.Cl. The Morgan fingerprint density at radius 3 is 2.23 bits per heavy atom. The van der Waals surface area contributed by atoms with Crippen molar-refractivity contribution in [3.05, 3.63) is 69.2 Å². The van der Waals surface area contributed by atoms with Crippen LogP contribution < -0.4 is 4.90 Å². The zero-order valence-electron chi connectivity index (χ0n) is 19.1. The molecule has 1 saturated carbocycles. The van der Waals surface area contributed by atoms with E-state index in [4.69, 9.17) is 23.2 Å². The monoisotopic (exact) mass is 550 g/mol. The van der Waals surface area contributed by atoms with Gasteiger partial charge in [0.15, 0.2) is 0 Å². The summed E-state index contributed by atoms with van der Waals surface area (Å²) in [7, 11) is 0. The number of benzene rings is 2. The van der Waals surface area contributed by atoms with Crippen LogP contribution in [0.25, 0.3) is 0 Å². The van der Waals surface area contributed by atoms with Crippen LogP contribution >= 0.6 is 35.6 Å². The Morgan fingerprint density at radius 2 is 1.71 bits per heavy atom. The van der Waals surface area contributed by atoms with Crippen LogP contribution in [-0.4, -0.2) is 14.8 Å². The van der Waals surface area contributed by atoms with Gasteiger partial charge in [0.05, 0.1) is 27.3 Å². The first-order valence-electron chi connectivity index (χ1n) is 11.1. The minimum absolute atomic E-state index is 0. The number of alkyl halides is 3. The molecule has 1 atom stereocenters. The first-order chi connectivity index (χ1) is 16.1. The molecule has 2 aromatic carbocycles. The largest absolute Gasteiger partial charge is 0.416 e. The molecule has 1 heterocycles. The van der Waals surface area contributed by atoms with Gasteiger partial charge in [0, 0.05) is 6.54 Å². The van der Waals surface area contributed by atoms with E-state index in [1.165, 1.54) is 12.1 Å². The first-order valence-corrected chi connectivity index (χ1v) is 11.9. The van der Waals surface area contributed by atoms with Crippen LogP contribution in [0.15, 0.2) is 36.4 Å². The van der Waals surface area contributed by atoms with Crippen molar-refractivity contribution in [2.24, 2.45) is 5.92 Å². The summed E-state index contributed by atoms with van der Waals surface area (Å²) < 4.78 is 55.6. The van der Waals surface area contributed by atoms with Crippen LogP contribution in [0, 0.1) is 18.7 Å². The number of hydrogen-bond donors (Lipinski definition) is 0. The Bertz CT molecular complexity index is 1140. The number of nitrogens with zero attached hydrogens (tertiary/aromatic N) is 4. The van der Waals surface area contributed by atoms with Crippen molar-refractivity contribution in [1.82, 2.24) is 14.8 Å². The molecule has 3 aromatic rings. The fraction of sp³-hybridized carbons (Fsp3) is 0.417. The van der Waals surface area contributed by atoms with E-state index in [1.54, 1.807) is 21.7 Å². The van der Waals surface area contributed by atoms with Gasteiger partial charge in [0.25, 0.3) is 0 Å². The molecule has 1 aromatic heterocycles. The fourth-order valence-corrected chi connectivity index (χ4v) is 4.70. The van der Waals surface area contributed by atoms with E-state index >= 15 is 0 Å². The third-order valence-electron chi connectivity index (χ3n) is 5.90. The molecular formula is C24H25Cl3F4N4. The van der Waals surface area contributed by atoms with Crippen molar-refractivity contribution in [1.29, 1.82) is 0 Å². The van der Waals surface area contributed by atoms with E-state index in [1.807, 2.05) is 13.8 Å². The lowest BCUT2D eigenvalue weighted by Gasteiger charge is -2.33. The molecule has 0 N–H and O–H groups in total. The highest BCUT2D eigenvalue weighted by Gasteiger charge is 2.37. The summed E-state index contributed by atoms with van der Waals surface area (Å²) in [5.74, 6) is 0.977. The molecule has 0 aliphatic heterocycles. The maximum Gasteiger partial charge on any atom is 0.416 e. The highest BCUT2D eigenvalue weighted by molar-refractivity contribution is 6.39. The van der Waals surface area contributed by atoms with E-state index in [-0.39, 0.29) is 39.9 Å². The zero-order chi connectivity index (χ0) is 24.6. The smallest absolute Gasteiger partial charge is 0.299 e. The second-order valence-electron chi connectivity index (χ2n) is 8.58. The van der Waals surface area contributed by atoms with E-state index in [0.29, 0.717) is 24.7 Å². The Labute approximate surface area is 217 Å². The highest BCUT2D eigenvalue weighted by atomic mass is 35.5. The summed E-state index contributed by atoms with van der Waals surface area (Å²) in [5, 5.41) is 4.32. The zero-order valence-corrected chi connectivity index (χ0v) is 21.4. The molecule has 4 nitrogen and oxygen atoms in total. The normalized spacial score (nSPS) is 14.5. The van der Waals surface area contributed by atoms with Gasteiger partial charge in [-0.3, -0.25) is 4.90 Å². The molecule has 0 spiro atoms. The van der Waals surface area contributed by atoms with Gasteiger partial charge in [0.2, 0.25) is 5.95 Å². The molecule has 0 bridgehead atoms. The quantitative estimate of drug-likeness (QED) is 0.263. The van der Waals surface area contributed by atoms with Gasteiger partial charge < -0.3 is 0 Å². The molecule has 1 unspecified atom stereocenters. The highest BCUT2D eigenvalue weighted by Crippen LogP contribution is 2.49. The van der Waals surface area contributed by atoms with Crippen molar-refractivity contribution >= 4 is 47.2 Å². The first kappa shape index (κ1) is 27.6. The van der Waals surface area contributed by atoms with Gasteiger partial charge in [-0.25, -0.2) is 9.07 Å². The number of halogens is 7. The predicted octanol–water partition coefficient (Wildman–Crippen LogP) is 8.56. The Morgan fingerprint density at radius 1 is 1.11 bits per heavy atom. The molecular weight excluding hydrogens is 527 g/mol. The average molecular weight is 552 g/mol. The predicted molar refractivity (Wildman–Crippen MR) is 132 cm³/mol. The molecule has 190 valence electrons. The average Bonchev–Trinajstić information content (AvgIpc) is 3.51. The lowest BCUT2D eigenvalue weighted by Crippen LogP contribution is -2.27. The maximum absolute atomic E-state index is 13.7. The lowest BCUT2D eigenvalue weighted by molar-refractivity contribution is -0.137. The van der Waals surface area contributed by atoms with E-state index < -0.39 is 17.8 Å². The molecule has 0 radical (unpaired) electrons. The number of rotatable bonds is 8. The topological polar surface area (TPSA) is 34.0 Å². The second kappa shape index (κ2) is 10.9. The third-order valence-corrected chi connectivity index (χ3v) is 6.48. The van der Waals surface area contributed by atoms with Crippen LogP contribution in [0.3, 0.4) is 0 Å². The minimum atomic E-state index is -4.60. The summed E-state index contributed by atoms with van der Waals surface area (Å²) in [6.45, 7) is 4.45. The number of aromatic nitrogens is 3. The number of hydrogen-bond acceptors (Lipinski definition) is 3. The molecule has 1 aliphatic rings. The van der Waals surface area contributed by atoms with E-state index in [2.05, 4.69) is 10.1 Å². The summed E-state index contributed by atoms with van der Waals surface area (Å²) >= 11 is 12.9. The molecule has 0 amide bonds. The van der Waals surface area contributed by atoms with Crippen LogP contribution in [-0.2, 0) is 12.7 Å². The maximum atomic E-state index is 13.7. The van der Waals surface area contributed by atoms with Gasteiger partial charge >= 0.3 is 6.18 Å². The van der Waals surface area contributed by atoms with Crippen LogP contribution in [0.4, 0.5) is 29.2 Å². The fourth-order valence-electron chi connectivity index (χ4n) is 4.03. The standard InChI is InChI=1S/C24H24Cl2F4N4.ClH/c1-3-10-33-14(2)31-23(32-33)34(22-19(25)12-17(13-20(22)26)24(28,29)30)21(11-15-4-5-15)16-6-8-18(27)9-7-16;/h6-9,12-13,15,21H,3-5,10-11H2,1-2H3;1H. The summed E-state index contributed by atoms with van der Waals surface area (Å²) in [5.41, 5.74) is 0.0251. The van der Waals surface area contributed by atoms with Crippen molar-refractivity contribution in [2.45, 2.75) is 58.3 Å². The second-order valence-corrected chi connectivity index (χ2v) is 9.40. The lowest BCUT2D eigenvalue weighted by atomic mass is 9.98. The van der Waals surface area contributed by atoms with Crippen molar-refractivity contribution in [2.75, 3.05) is 4.90 Å². The summed E-state index contributed by atoms with van der Waals surface area (Å²) in [4.78, 5) is 6.32. The Balaban J connectivity index is 0.00000342. The van der Waals surface area contributed by atoms with Gasteiger partial charge in [-0.1, -0.05) is 55.1 Å². The number of anilines is 2. The summed E-state index contributed by atoms with van der Waals surface area (Å²) in [6, 6.07) is 7.37. The van der Waals surface area contributed by atoms with Gasteiger partial charge in [0.1, 0.15) is 11.6 Å². The van der Waals surface area contributed by atoms with E-state index in [0.717, 1.165) is 37.0 Å². The van der Waals surface area contributed by atoms with Crippen molar-refractivity contribution in [3.8, 4) is 0 Å². The van der Waals surface area contributed by atoms with Crippen molar-refractivity contribution < 1.29 is 17.6 Å².